The zero-order chi connectivity index (χ0) is 28.8. The highest BCUT2D eigenvalue weighted by Crippen LogP contribution is 2.40. The minimum Gasteiger partial charge on any atom is -0.496 e. The Labute approximate surface area is 229 Å². The molecule has 0 saturated carbocycles. The van der Waals surface area contributed by atoms with Crippen molar-refractivity contribution in [2.24, 2.45) is 0 Å². The molecule has 212 valence electrons. The number of carbonyl (C=O) groups is 2. The number of hydrogen-bond acceptors (Lipinski definition) is 11. The first kappa shape index (κ1) is 28.8. The van der Waals surface area contributed by atoms with Crippen molar-refractivity contribution in [3.63, 3.8) is 0 Å². The first-order valence-corrected chi connectivity index (χ1v) is 12.3. The van der Waals surface area contributed by atoms with E-state index in [1.54, 1.807) is 24.5 Å². The number of methoxy groups -OCH3 is 2. The van der Waals surface area contributed by atoms with Gasteiger partial charge in [0.1, 0.15) is 60.8 Å². The lowest BCUT2D eigenvalue weighted by molar-refractivity contribution is -0.232. The second-order valence-corrected chi connectivity index (χ2v) is 8.94. The summed E-state index contributed by atoms with van der Waals surface area (Å²) in [6.45, 7) is 3.27. The van der Waals surface area contributed by atoms with Crippen molar-refractivity contribution in [1.29, 1.82) is 0 Å². The number of fused-ring (bicyclic) bond motifs is 1. The molecular weight excluding hydrogens is 524 g/mol. The largest absolute Gasteiger partial charge is 0.508 e. The fraction of sp³-hybridized carbons (Fsp3) is 0.310. The van der Waals surface area contributed by atoms with E-state index in [0.29, 0.717) is 0 Å². The molecule has 5 unspecified atom stereocenters. The second-order valence-electron chi connectivity index (χ2n) is 8.94. The molecule has 4 rings (SSSR count). The van der Waals surface area contributed by atoms with Crippen LogP contribution in [0.5, 0.6) is 11.5 Å². The van der Waals surface area contributed by atoms with Gasteiger partial charge in [0.25, 0.3) is 0 Å². The van der Waals surface area contributed by atoms with Crippen LogP contribution < -0.4 is 9.47 Å². The molecule has 3 aromatic rings. The van der Waals surface area contributed by atoms with Gasteiger partial charge >= 0.3 is 6.16 Å². The minimum absolute atomic E-state index is 0.101. The second kappa shape index (κ2) is 12.8. The smallest absolute Gasteiger partial charge is 0.496 e. The van der Waals surface area contributed by atoms with Crippen LogP contribution in [-0.4, -0.2) is 79.1 Å². The molecule has 1 fully saturated rings. The van der Waals surface area contributed by atoms with Gasteiger partial charge < -0.3 is 43.4 Å². The molecule has 40 heavy (non-hydrogen) atoms. The SMILES string of the molecule is C=CCOc1cc(OC)c(C2OC(COC(=O)OC)C(O)C(O)C2O)cc1C(=O)/C=C/c1ccc2occc2c1. The first-order valence-electron chi connectivity index (χ1n) is 12.3. The zero-order valence-corrected chi connectivity index (χ0v) is 21.9. The summed E-state index contributed by atoms with van der Waals surface area (Å²) in [4.78, 5) is 24.8. The van der Waals surface area contributed by atoms with Crippen molar-refractivity contribution in [1.82, 2.24) is 0 Å². The van der Waals surface area contributed by atoms with Gasteiger partial charge in [0.15, 0.2) is 5.78 Å². The van der Waals surface area contributed by atoms with E-state index in [2.05, 4.69) is 11.3 Å². The molecule has 1 aromatic heterocycles. The molecular formula is C29H30O11. The maximum atomic E-state index is 13.4. The van der Waals surface area contributed by atoms with Gasteiger partial charge in [-0.2, -0.15) is 0 Å². The molecule has 1 aliphatic heterocycles. The summed E-state index contributed by atoms with van der Waals surface area (Å²) in [5, 5.41) is 32.6. The third kappa shape index (κ3) is 6.18. The van der Waals surface area contributed by atoms with Gasteiger partial charge in [-0.05, 0) is 35.9 Å². The summed E-state index contributed by atoms with van der Waals surface area (Å²) < 4.78 is 31.7. The number of rotatable bonds is 10. The third-order valence-corrected chi connectivity index (χ3v) is 6.41. The fourth-order valence-corrected chi connectivity index (χ4v) is 4.34. The topological polar surface area (TPSA) is 154 Å². The highest BCUT2D eigenvalue weighted by molar-refractivity contribution is 6.09. The molecule has 2 heterocycles. The van der Waals surface area contributed by atoms with Crippen molar-refractivity contribution < 1.29 is 53.0 Å². The standard InChI is InChI=1S/C29H30O11/c1-4-10-37-23-14-22(35-2)19(28-27(33)26(32)25(31)24(40-28)15-39-29(34)36-3)13-18(23)20(30)7-5-16-6-8-21-17(12-16)9-11-38-21/h4-9,11-14,24-28,31-33H,1,10,15H2,2-3H3/b7-5+. The van der Waals surface area contributed by atoms with E-state index in [-0.39, 0.29) is 29.2 Å². The normalized spacial score (nSPS) is 22.7. The van der Waals surface area contributed by atoms with Gasteiger partial charge in [-0.1, -0.05) is 24.8 Å². The maximum Gasteiger partial charge on any atom is 0.508 e. The molecule has 0 amide bonds. The molecule has 1 aliphatic rings. The highest BCUT2D eigenvalue weighted by atomic mass is 16.7. The predicted octanol–water partition coefficient (Wildman–Crippen LogP) is 3.21. The van der Waals surface area contributed by atoms with Crippen LogP contribution in [0.15, 0.2) is 65.8 Å². The lowest BCUT2D eigenvalue weighted by Crippen LogP contribution is -2.55. The van der Waals surface area contributed by atoms with Crippen LogP contribution in [0, 0.1) is 0 Å². The number of benzene rings is 2. The quantitative estimate of drug-likeness (QED) is 0.146. The summed E-state index contributed by atoms with van der Waals surface area (Å²) in [5.41, 5.74) is 1.81. The summed E-state index contributed by atoms with van der Waals surface area (Å²) in [5.74, 6) is -0.0473. The lowest BCUT2D eigenvalue weighted by Gasteiger charge is -2.40. The van der Waals surface area contributed by atoms with E-state index in [4.69, 9.17) is 23.4 Å². The van der Waals surface area contributed by atoms with Crippen LogP contribution in [-0.2, 0) is 14.2 Å². The number of aliphatic hydroxyl groups excluding tert-OH is 3. The van der Waals surface area contributed by atoms with Crippen LogP contribution >= 0.6 is 0 Å². The van der Waals surface area contributed by atoms with Gasteiger partial charge in [-0.25, -0.2) is 4.79 Å². The molecule has 0 radical (unpaired) electrons. The van der Waals surface area contributed by atoms with Crippen molar-refractivity contribution >= 4 is 29.0 Å². The maximum absolute atomic E-state index is 13.4. The van der Waals surface area contributed by atoms with Gasteiger partial charge in [0, 0.05) is 17.0 Å². The van der Waals surface area contributed by atoms with Gasteiger partial charge in [0.05, 0.1) is 26.0 Å². The van der Waals surface area contributed by atoms with Crippen LogP contribution in [0.2, 0.25) is 0 Å². The van der Waals surface area contributed by atoms with Crippen molar-refractivity contribution in [3.8, 4) is 11.5 Å². The number of carbonyl (C=O) groups excluding carboxylic acids is 2. The molecule has 3 N–H and O–H groups in total. The van der Waals surface area contributed by atoms with Gasteiger partial charge in [-0.3, -0.25) is 4.79 Å². The fourth-order valence-electron chi connectivity index (χ4n) is 4.34. The minimum atomic E-state index is -1.66. The average Bonchev–Trinajstić information content (AvgIpc) is 3.44. The van der Waals surface area contributed by atoms with E-state index >= 15 is 0 Å². The van der Waals surface area contributed by atoms with E-state index in [0.717, 1.165) is 23.6 Å². The van der Waals surface area contributed by atoms with Crippen molar-refractivity contribution in [3.05, 3.63) is 78.1 Å². The van der Waals surface area contributed by atoms with E-state index in [9.17, 15) is 24.9 Å². The van der Waals surface area contributed by atoms with E-state index in [1.807, 2.05) is 12.1 Å². The van der Waals surface area contributed by atoms with Crippen LogP contribution in [0.25, 0.3) is 17.0 Å². The molecule has 1 saturated heterocycles. The molecule has 0 aliphatic carbocycles. The first-order chi connectivity index (χ1) is 19.3. The van der Waals surface area contributed by atoms with Crippen LogP contribution in [0.3, 0.4) is 0 Å². The number of aliphatic hydroxyl groups is 3. The van der Waals surface area contributed by atoms with Crippen LogP contribution in [0.4, 0.5) is 4.79 Å². The Kier molecular flexibility index (Phi) is 9.22. The molecule has 11 heteroatoms. The number of ether oxygens (including phenoxy) is 5. The molecule has 0 spiro atoms. The van der Waals surface area contributed by atoms with E-state index in [1.165, 1.54) is 31.4 Å². The Bertz CT molecular complexity index is 1390. The summed E-state index contributed by atoms with van der Waals surface area (Å²) in [7, 11) is 2.49. The molecule has 5 atom stereocenters. The molecule has 0 bridgehead atoms. The van der Waals surface area contributed by atoms with Crippen molar-refractivity contribution in [2.75, 3.05) is 27.4 Å². The van der Waals surface area contributed by atoms with Crippen LogP contribution in [0.1, 0.15) is 27.6 Å². The Hall–Kier alpha value is -4.16. The summed E-state index contributed by atoms with van der Waals surface area (Å²) in [6.07, 6.45) is -2.25. The number of ketones is 1. The Morgan fingerprint density at radius 3 is 2.55 bits per heavy atom. The third-order valence-electron chi connectivity index (χ3n) is 6.41. The summed E-state index contributed by atoms with van der Waals surface area (Å²) >= 11 is 0. The molecule has 11 nitrogen and oxygen atoms in total. The average molecular weight is 555 g/mol. The number of furan rings is 1. The number of allylic oxidation sites excluding steroid dienone is 1. The Balaban J connectivity index is 1.69. The monoisotopic (exact) mass is 554 g/mol. The lowest BCUT2D eigenvalue weighted by atomic mass is 9.89. The predicted molar refractivity (Wildman–Crippen MR) is 142 cm³/mol. The highest BCUT2D eigenvalue weighted by Gasteiger charge is 2.46. The van der Waals surface area contributed by atoms with Crippen molar-refractivity contribution in [2.45, 2.75) is 30.5 Å². The molecule has 2 aromatic carbocycles. The van der Waals surface area contributed by atoms with E-state index < -0.39 is 49.1 Å². The van der Waals surface area contributed by atoms with Gasteiger partial charge in [0.2, 0.25) is 0 Å². The zero-order valence-electron chi connectivity index (χ0n) is 21.9. The van der Waals surface area contributed by atoms with Gasteiger partial charge in [-0.15, -0.1) is 0 Å². The Morgan fingerprint density at radius 2 is 1.82 bits per heavy atom. The Morgan fingerprint density at radius 1 is 1.02 bits per heavy atom. The number of hydrogen-bond donors (Lipinski definition) is 3. The summed E-state index contributed by atoms with van der Waals surface area (Å²) in [6, 6.07) is 10.2.